The lowest BCUT2D eigenvalue weighted by Gasteiger charge is -2.10. The standard InChI is InChI=1S/C20H18FN5O3/c1-26(2)20(29)17-16(22-11-23-17)19(28)25-15-9-7-14(8-10-15)24-18(27)12-3-5-13(21)6-4-12/h3-11H,1-2H3,(H,22,23)(H,24,27)(H,25,28). The van der Waals surface area contributed by atoms with Crippen molar-refractivity contribution in [2.75, 3.05) is 24.7 Å². The van der Waals surface area contributed by atoms with E-state index in [4.69, 9.17) is 0 Å². The number of halogens is 1. The summed E-state index contributed by atoms with van der Waals surface area (Å²) in [5.74, 6) is -1.72. The van der Waals surface area contributed by atoms with E-state index >= 15 is 0 Å². The van der Waals surface area contributed by atoms with Crippen LogP contribution in [0.3, 0.4) is 0 Å². The number of aromatic amines is 1. The predicted molar refractivity (Wildman–Crippen MR) is 105 cm³/mol. The summed E-state index contributed by atoms with van der Waals surface area (Å²) in [5, 5.41) is 5.33. The Balaban J connectivity index is 1.66. The molecule has 1 heterocycles. The second-order valence-electron chi connectivity index (χ2n) is 6.32. The minimum absolute atomic E-state index is 0.0163. The van der Waals surface area contributed by atoms with Crippen molar-refractivity contribution in [3.63, 3.8) is 0 Å². The summed E-state index contributed by atoms with van der Waals surface area (Å²) in [4.78, 5) is 44.6. The molecule has 9 heteroatoms. The number of hydrogen-bond acceptors (Lipinski definition) is 4. The molecule has 3 aromatic rings. The third kappa shape index (κ3) is 4.64. The molecule has 0 atom stereocenters. The monoisotopic (exact) mass is 395 g/mol. The van der Waals surface area contributed by atoms with Gasteiger partial charge in [0.15, 0.2) is 5.69 Å². The van der Waals surface area contributed by atoms with Crippen LogP contribution in [-0.2, 0) is 0 Å². The first-order valence-corrected chi connectivity index (χ1v) is 8.58. The summed E-state index contributed by atoms with van der Waals surface area (Å²) in [6.07, 6.45) is 1.28. The first-order valence-electron chi connectivity index (χ1n) is 8.58. The smallest absolute Gasteiger partial charge is 0.276 e. The van der Waals surface area contributed by atoms with Crippen LogP contribution in [0.5, 0.6) is 0 Å². The molecular weight excluding hydrogens is 377 g/mol. The molecule has 0 bridgehead atoms. The molecule has 0 aliphatic carbocycles. The Kier molecular flexibility index (Phi) is 5.68. The highest BCUT2D eigenvalue weighted by atomic mass is 19.1. The van der Waals surface area contributed by atoms with Crippen LogP contribution in [0, 0.1) is 5.82 Å². The Hall–Kier alpha value is -4.01. The molecule has 0 saturated carbocycles. The van der Waals surface area contributed by atoms with Gasteiger partial charge in [-0.05, 0) is 48.5 Å². The fourth-order valence-corrected chi connectivity index (χ4v) is 2.48. The van der Waals surface area contributed by atoms with Crippen LogP contribution in [0.1, 0.15) is 31.3 Å². The van der Waals surface area contributed by atoms with Crippen molar-refractivity contribution in [3.05, 3.63) is 77.6 Å². The van der Waals surface area contributed by atoms with Crippen LogP contribution in [0.15, 0.2) is 54.9 Å². The van der Waals surface area contributed by atoms with Gasteiger partial charge in [-0.3, -0.25) is 14.4 Å². The lowest BCUT2D eigenvalue weighted by molar-refractivity contribution is 0.0816. The van der Waals surface area contributed by atoms with Gasteiger partial charge in [-0.15, -0.1) is 0 Å². The van der Waals surface area contributed by atoms with Crippen molar-refractivity contribution in [1.82, 2.24) is 14.9 Å². The van der Waals surface area contributed by atoms with Crippen molar-refractivity contribution in [2.45, 2.75) is 0 Å². The zero-order valence-corrected chi connectivity index (χ0v) is 15.7. The number of hydrogen-bond donors (Lipinski definition) is 3. The zero-order chi connectivity index (χ0) is 21.0. The lowest BCUT2D eigenvalue weighted by atomic mass is 10.2. The summed E-state index contributed by atoms with van der Waals surface area (Å²) in [7, 11) is 3.15. The maximum atomic E-state index is 12.9. The number of carbonyl (C=O) groups is 3. The zero-order valence-electron chi connectivity index (χ0n) is 15.7. The number of anilines is 2. The number of imidazole rings is 1. The number of nitrogens with zero attached hydrogens (tertiary/aromatic N) is 2. The Morgan fingerprint density at radius 2 is 1.45 bits per heavy atom. The summed E-state index contributed by atoms with van der Waals surface area (Å²) in [6.45, 7) is 0. The normalized spacial score (nSPS) is 10.3. The maximum Gasteiger partial charge on any atom is 0.276 e. The van der Waals surface area contributed by atoms with Crippen molar-refractivity contribution < 1.29 is 18.8 Å². The van der Waals surface area contributed by atoms with Gasteiger partial charge >= 0.3 is 0 Å². The number of nitrogens with one attached hydrogen (secondary N) is 3. The number of carbonyl (C=O) groups excluding carboxylic acids is 3. The fraction of sp³-hybridized carbons (Fsp3) is 0.100. The first-order chi connectivity index (χ1) is 13.8. The largest absolute Gasteiger partial charge is 0.343 e. The van der Waals surface area contributed by atoms with Gasteiger partial charge in [-0.1, -0.05) is 0 Å². The minimum atomic E-state index is -0.542. The summed E-state index contributed by atoms with van der Waals surface area (Å²) >= 11 is 0. The van der Waals surface area contributed by atoms with Crippen molar-refractivity contribution in [3.8, 4) is 0 Å². The lowest BCUT2D eigenvalue weighted by Crippen LogP contribution is -2.25. The van der Waals surface area contributed by atoms with Gasteiger partial charge in [0.25, 0.3) is 17.7 Å². The van der Waals surface area contributed by atoms with Gasteiger partial charge in [0.05, 0.1) is 6.33 Å². The highest BCUT2D eigenvalue weighted by Gasteiger charge is 2.21. The number of rotatable bonds is 5. The van der Waals surface area contributed by atoms with Gasteiger partial charge in [0, 0.05) is 31.0 Å². The summed E-state index contributed by atoms with van der Waals surface area (Å²) < 4.78 is 12.9. The average molecular weight is 395 g/mol. The highest BCUT2D eigenvalue weighted by molar-refractivity contribution is 6.10. The molecule has 0 fully saturated rings. The number of benzene rings is 2. The molecule has 0 spiro atoms. The third-order valence-electron chi connectivity index (χ3n) is 3.98. The van der Waals surface area contributed by atoms with Crippen LogP contribution in [-0.4, -0.2) is 46.7 Å². The molecule has 2 aromatic carbocycles. The number of amides is 3. The van der Waals surface area contributed by atoms with Crippen molar-refractivity contribution in [2.24, 2.45) is 0 Å². The van der Waals surface area contributed by atoms with E-state index in [-0.39, 0.29) is 23.2 Å². The molecule has 8 nitrogen and oxygen atoms in total. The fourth-order valence-electron chi connectivity index (χ4n) is 2.48. The summed E-state index contributed by atoms with van der Waals surface area (Å²) in [6, 6.07) is 11.6. The second-order valence-corrected chi connectivity index (χ2v) is 6.32. The average Bonchev–Trinajstić information content (AvgIpc) is 3.19. The highest BCUT2D eigenvalue weighted by Crippen LogP contribution is 2.16. The Bertz CT molecular complexity index is 1040. The molecule has 0 aliphatic rings. The van der Waals surface area contributed by atoms with E-state index in [0.717, 1.165) is 0 Å². The molecule has 3 amide bonds. The quantitative estimate of drug-likeness (QED) is 0.617. The van der Waals surface area contributed by atoms with Gasteiger partial charge in [0.1, 0.15) is 11.5 Å². The number of H-pyrrole nitrogens is 1. The van der Waals surface area contributed by atoms with Gasteiger partial charge in [-0.25, -0.2) is 9.37 Å². The molecule has 3 N–H and O–H groups in total. The van der Waals surface area contributed by atoms with Gasteiger partial charge < -0.3 is 20.5 Å². The maximum absolute atomic E-state index is 12.9. The molecule has 29 heavy (non-hydrogen) atoms. The van der Waals surface area contributed by atoms with E-state index in [1.54, 1.807) is 38.4 Å². The van der Waals surface area contributed by atoms with Crippen LogP contribution in [0.2, 0.25) is 0 Å². The Morgan fingerprint density at radius 3 is 2.00 bits per heavy atom. The van der Waals surface area contributed by atoms with Crippen LogP contribution >= 0.6 is 0 Å². The predicted octanol–water partition coefficient (Wildman–Crippen LogP) is 2.76. The van der Waals surface area contributed by atoms with E-state index in [1.807, 2.05) is 0 Å². The molecule has 0 saturated heterocycles. The Labute approximate surface area is 165 Å². The summed E-state index contributed by atoms with van der Waals surface area (Å²) in [5.41, 5.74) is 1.36. The van der Waals surface area contributed by atoms with Gasteiger partial charge in [0.2, 0.25) is 0 Å². The minimum Gasteiger partial charge on any atom is -0.343 e. The third-order valence-corrected chi connectivity index (χ3v) is 3.98. The molecule has 1 aromatic heterocycles. The van der Waals surface area contributed by atoms with Gasteiger partial charge in [-0.2, -0.15) is 0 Å². The van der Waals surface area contributed by atoms with E-state index < -0.39 is 11.7 Å². The van der Waals surface area contributed by atoms with Crippen LogP contribution in [0.25, 0.3) is 0 Å². The first kappa shape index (κ1) is 19.7. The SMILES string of the molecule is CN(C)C(=O)c1[nH]cnc1C(=O)Nc1ccc(NC(=O)c2ccc(F)cc2)cc1. The van der Waals surface area contributed by atoms with Crippen molar-refractivity contribution >= 4 is 29.1 Å². The van der Waals surface area contributed by atoms with E-state index in [0.29, 0.717) is 16.9 Å². The second kappa shape index (κ2) is 8.34. The van der Waals surface area contributed by atoms with Crippen molar-refractivity contribution in [1.29, 1.82) is 0 Å². The topological polar surface area (TPSA) is 107 Å². The molecule has 3 rings (SSSR count). The molecule has 148 valence electrons. The van der Waals surface area contributed by atoms with E-state index in [9.17, 15) is 18.8 Å². The molecule has 0 unspecified atom stereocenters. The van der Waals surface area contributed by atoms with E-state index in [2.05, 4.69) is 20.6 Å². The molecule has 0 radical (unpaired) electrons. The Morgan fingerprint density at radius 1 is 0.897 bits per heavy atom. The number of aromatic nitrogens is 2. The molecule has 0 aliphatic heterocycles. The van der Waals surface area contributed by atoms with E-state index in [1.165, 1.54) is 35.5 Å². The van der Waals surface area contributed by atoms with Crippen LogP contribution in [0.4, 0.5) is 15.8 Å². The van der Waals surface area contributed by atoms with Crippen LogP contribution < -0.4 is 10.6 Å². The molecular formula is C20H18FN5O3.